The smallest absolute Gasteiger partial charge is 0.258 e. The number of aliphatic hydroxyl groups excluding tert-OH is 1. The van der Waals surface area contributed by atoms with Gasteiger partial charge in [-0.25, -0.2) is 0 Å². The van der Waals surface area contributed by atoms with E-state index in [1.165, 1.54) is 30.3 Å². The van der Waals surface area contributed by atoms with Gasteiger partial charge in [-0.1, -0.05) is 12.5 Å². The number of anilines is 1. The first-order valence-corrected chi connectivity index (χ1v) is 9.61. The monoisotopic (exact) mass is 354 g/mol. The summed E-state index contributed by atoms with van der Waals surface area (Å²) in [5.41, 5.74) is 0.546. The molecule has 1 aromatic heterocycles. The standard InChI is InChI=1S/C21H26N2O3/c1-13(24)12-23-8-7-17-18(21(23)26)3-2-4-19(17)22-20(25)11-16-10-14-5-6-15(16)9-14/h2-4,7-8,13-16,24H,5-6,9-12H2,1H3,(H,22,25)/t13?,14-,15+,16?/m1/s1. The zero-order valence-corrected chi connectivity index (χ0v) is 15.1. The van der Waals surface area contributed by atoms with Crippen LogP contribution in [0.5, 0.6) is 0 Å². The molecule has 2 aliphatic rings. The van der Waals surface area contributed by atoms with Gasteiger partial charge in [-0.05, 0) is 62.1 Å². The molecular formula is C21H26N2O3. The van der Waals surface area contributed by atoms with E-state index < -0.39 is 6.10 Å². The van der Waals surface area contributed by atoms with E-state index in [9.17, 15) is 14.7 Å². The van der Waals surface area contributed by atoms with Crippen LogP contribution >= 0.6 is 0 Å². The van der Waals surface area contributed by atoms with Gasteiger partial charge in [0.15, 0.2) is 0 Å². The van der Waals surface area contributed by atoms with E-state index in [1.54, 1.807) is 25.3 Å². The zero-order chi connectivity index (χ0) is 18.3. The molecule has 2 aliphatic carbocycles. The molecule has 0 spiro atoms. The predicted molar refractivity (Wildman–Crippen MR) is 102 cm³/mol. The lowest BCUT2D eigenvalue weighted by Gasteiger charge is -2.21. The lowest BCUT2D eigenvalue weighted by molar-refractivity contribution is -0.117. The van der Waals surface area contributed by atoms with Crippen LogP contribution in [-0.2, 0) is 11.3 Å². The fourth-order valence-electron chi connectivity index (χ4n) is 4.92. The molecule has 2 saturated carbocycles. The Bertz CT molecular complexity index is 886. The van der Waals surface area contributed by atoms with Gasteiger partial charge in [-0.15, -0.1) is 0 Å². The molecule has 0 aliphatic heterocycles. The largest absolute Gasteiger partial charge is 0.392 e. The van der Waals surface area contributed by atoms with E-state index in [4.69, 9.17) is 0 Å². The molecule has 4 rings (SSSR count). The Balaban J connectivity index is 1.54. The van der Waals surface area contributed by atoms with Crippen LogP contribution in [0.4, 0.5) is 5.69 Å². The third-order valence-electron chi connectivity index (χ3n) is 6.09. The summed E-state index contributed by atoms with van der Waals surface area (Å²) in [4.78, 5) is 25.2. The molecule has 2 bridgehead atoms. The van der Waals surface area contributed by atoms with E-state index in [-0.39, 0.29) is 18.0 Å². The first-order chi connectivity index (χ1) is 12.5. The molecule has 1 aromatic carbocycles. The Morgan fingerprint density at radius 2 is 2.12 bits per heavy atom. The predicted octanol–water partition coefficient (Wildman–Crippen LogP) is 3.15. The second kappa shape index (κ2) is 6.88. The summed E-state index contributed by atoms with van der Waals surface area (Å²) >= 11 is 0. The molecule has 5 nitrogen and oxygen atoms in total. The Labute approximate surface area is 153 Å². The molecule has 2 N–H and O–H groups in total. The van der Waals surface area contributed by atoms with Crippen LogP contribution in [0, 0.1) is 17.8 Å². The Kier molecular flexibility index (Phi) is 4.57. The zero-order valence-electron chi connectivity index (χ0n) is 15.1. The summed E-state index contributed by atoms with van der Waals surface area (Å²) in [6.07, 6.45) is 6.78. The van der Waals surface area contributed by atoms with Crippen molar-refractivity contribution in [3.63, 3.8) is 0 Å². The van der Waals surface area contributed by atoms with Crippen LogP contribution in [0.1, 0.15) is 39.0 Å². The summed E-state index contributed by atoms with van der Waals surface area (Å²) in [6.45, 7) is 1.92. The molecule has 4 atom stereocenters. The minimum absolute atomic E-state index is 0.0446. The van der Waals surface area contributed by atoms with E-state index in [0.717, 1.165) is 17.2 Å². The summed E-state index contributed by atoms with van der Waals surface area (Å²) in [7, 11) is 0. The maximum Gasteiger partial charge on any atom is 0.258 e. The van der Waals surface area contributed by atoms with Crippen molar-refractivity contribution in [2.24, 2.45) is 17.8 Å². The van der Waals surface area contributed by atoms with Crippen LogP contribution in [0.2, 0.25) is 0 Å². The molecule has 5 heteroatoms. The number of fused-ring (bicyclic) bond motifs is 3. The van der Waals surface area contributed by atoms with Crippen molar-refractivity contribution in [2.75, 3.05) is 5.32 Å². The molecule has 1 amide bonds. The van der Waals surface area contributed by atoms with Crippen molar-refractivity contribution >= 4 is 22.4 Å². The normalized spacial score (nSPS) is 25.5. The topological polar surface area (TPSA) is 71.3 Å². The van der Waals surface area contributed by atoms with Gasteiger partial charge in [0.05, 0.1) is 12.6 Å². The number of hydrogen-bond donors (Lipinski definition) is 2. The maximum atomic E-state index is 12.6. The molecule has 2 unspecified atom stereocenters. The fourth-order valence-corrected chi connectivity index (χ4v) is 4.92. The van der Waals surface area contributed by atoms with Crippen molar-refractivity contribution in [3.8, 4) is 0 Å². The van der Waals surface area contributed by atoms with Gasteiger partial charge in [0.25, 0.3) is 5.56 Å². The van der Waals surface area contributed by atoms with E-state index >= 15 is 0 Å². The van der Waals surface area contributed by atoms with Gasteiger partial charge in [0.2, 0.25) is 5.91 Å². The quantitative estimate of drug-likeness (QED) is 0.866. The van der Waals surface area contributed by atoms with Crippen LogP contribution in [0.25, 0.3) is 10.8 Å². The average Bonchev–Trinajstić information content (AvgIpc) is 3.20. The highest BCUT2D eigenvalue weighted by atomic mass is 16.3. The first kappa shape index (κ1) is 17.3. The molecule has 138 valence electrons. The Morgan fingerprint density at radius 3 is 2.81 bits per heavy atom. The van der Waals surface area contributed by atoms with E-state index in [2.05, 4.69) is 5.32 Å². The number of amides is 1. The second-order valence-electron chi connectivity index (χ2n) is 8.08. The molecule has 0 saturated heterocycles. The van der Waals surface area contributed by atoms with Crippen molar-refractivity contribution < 1.29 is 9.90 Å². The fraction of sp³-hybridized carbons (Fsp3) is 0.524. The number of nitrogens with one attached hydrogen (secondary N) is 1. The number of rotatable bonds is 5. The average molecular weight is 354 g/mol. The number of pyridine rings is 1. The number of nitrogens with zero attached hydrogens (tertiary/aromatic N) is 1. The lowest BCUT2D eigenvalue weighted by atomic mass is 9.86. The van der Waals surface area contributed by atoms with E-state index in [0.29, 0.717) is 23.4 Å². The van der Waals surface area contributed by atoms with Crippen molar-refractivity contribution in [3.05, 3.63) is 40.8 Å². The minimum Gasteiger partial charge on any atom is -0.392 e. The number of carbonyl (C=O) groups is 1. The third kappa shape index (κ3) is 3.28. The molecular weight excluding hydrogens is 328 g/mol. The Morgan fingerprint density at radius 1 is 1.27 bits per heavy atom. The number of aromatic nitrogens is 1. The minimum atomic E-state index is -0.588. The van der Waals surface area contributed by atoms with Gasteiger partial charge in [0.1, 0.15) is 0 Å². The lowest BCUT2D eigenvalue weighted by Crippen LogP contribution is -2.25. The Hall–Kier alpha value is -2.14. The van der Waals surface area contributed by atoms with Crippen LogP contribution < -0.4 is 10.9 Å². The summed E-state index contributed by atoms with van der Waals surface area (Å²) in [5.74, 6) is 2.13. The molecule has 1 heterocycles. The summed E-state index contributed by atoms with van der Waals surface area (Å²) in [6, 6.07) is 7.25. The van der Waals surface area contributed by atoms with Gasteiger partial charge in [-0.3, -0.25) is 9.59 Å². The van der Waals surface area contributed by atoms with Crippen LogP contribution in [0.15, 0.2) is 35.3 Å². The van der Waals surface area contributed by atoms with Crippen molar-refractivity contribution in [1.82, 2.24) is 4.57 Å². The highest BCUT2D eigenvalue weighted by Gasteiger charge is 2.40. The van der Waals surface area contributed by atoms with Crippen molar-refractivity contribution in [2.45, 2.75) is 51.7 Å². The van der Waals surface area contributed by atoms with Crippen LogP contribution in [0.3, 0.4) is 0 Å². The maximum absolute atomic E-state index is 12.6. The summed E-state index contributed by atoms with van der Waals surface area (Å²) < 4.78 is 1.51. The number of hydrogen-bond acceptors (Lipinski definition) is 3. The van der Waals surface area contributed by atoms with Gasteiger partial charge < -0.3 is 15.0 Å². The SMILES string of the molecule is CC(O)Cn1ccc2c(NC(=O)CC3C[C@@H]4CC[C@H]3C4)cccc2c1=O. The number of aliphatic hydroxyl groups is 1. The third-order valence-corrected chi connectivity index (χ3v) is 6.09. The first-order valence-electron chi connectivity index (χ1n) is 9.61. The van der Waals surface area contributed by atoms with Gasteiger partial charge in [0, 0.05) is 29.1 Å². The van der Waals surface area contributed by atoms with Gasteiger partial charge >= 0.3 is 0 Å². The summed E-state index contributed by atoms with van der Waals surface area (Å²) in [5, 5.41) is 13.9. The highest BCUT2D eigenvalue weighted by Crippen LogP contribution is 2.49. The highest BCUT2D eigenvalue weighted by molar-refractivity contribution is 6.01. The molecule has 2 aromatic rings. The molecule has 0 radical (unpaired) electrons. The molecule has 2 fully saturated rings. The molecule has 26 heavy (non-hydrogen) atoms. The van der Waals surface area contributed by atoms with Crippen LogP contribution in [-0.4, -0.2) is 21.7 Å². The second-order valence-corrected chi connectivity index (χ2v) is 8.08. The van der Waals surface area contributed by atoms with E-state index in [1.807, 2.05) is 12.1 Å². The number of carbonyl (C=O) groups excluding carboxylic acids is 1. The van der Waals surface area contributed by atoms with Gasteiger partial charge in [-0.2, -0.15) is 0 Å². The van der Waals surface area contributed by atoms with Crippen molar-refractivity contribution in [1.29, 1.82) is 0 Å². The number of benzene rings is 1.